The molecule has 16 aromatic rings. The number of rotatable bonds is 13. The molecule has 0 aliphatic carbocycles. The van der Waals surface area contributed by atoms with Crippen molar-refractivity contribution in [1.82, 2.24) is 14.1 Å². The molecule has 0 N–H and O–H groups in total. The number of pyridine rings is 1. The predicted molar refractivity (Wildman–Crippen MR) is 379 cm³/mol. The molecule has 0 radical (unpaired) electrons. The molecule has 7 nitrogen and oxygen atoms in total. The minimum atomic E-state index is 0.328. The fraction of sp³-hybridized carbons (Fsp3) is 0. The lowest BCUT2D eigenvalue weighted by atomic mass is 9.94. The molecule has 16 rings (SSSR count). The molecule has 0 atom stereocenters. The van der Waals surface area contributed by atoms with Crippen molar-refractivity contribution >= 4 is 77.7 Å². The molecule has 0 bridgehead atoms. The second-order valence-electron chi connectivity index (χ2n) is 22.9. The topological polar surface area (TPSA) is 76.8 Å². The Bertz CT molecular complexity index is 5110. The first-order valence-electron chi connectivity index (χ1n) is 30.8. The first kappa shape index (κ1) is 54.6. The fourth-order valence-corrected chi connectivity index (χ4v) is 13.2. The Balaban J connectivity index is 0.727. The molecule has 3 aromatic heterocycles. The highest BCUT2D eigenvalue weighted by molar-refractivity contribution is 6.12. The summed E-state index contributed by atoms with van der Waals surface area (Å²) >= 11 is 0. The number of aromatic nitrogens is 3. The highest BCUT2D eigenvalue weighted by atomic mass is 15.1. The van der Waals surface area contributed by atoms with Gasteiger partial charge in [0.1, 0.15) is 12.1 Å². The van der Waals surface area contributed by atoms with Gasteiger partial charge in [-0.2, -0.15) is 10.5 Å². The van der Waals surface area contributed by atoms with Gasteiger partial charge in [0.15, 0.2) is 0 Å². The van der Waals surface area contributed by atoms with Crippen LogP contribution in [0.25, 0.3) is 111 Å². The lowest BCUT2D eigenvalue weighted by molar-refractivity contribution is 1.18. The highest BCUT2D eigenvalue weighted by Crippen LogP contribution is 2.42. The Morgan fingerprint density at radius 1 is 0.261 bits per heavy atom. The minimum Gasteiger partial charge on any atom is -0.311 e. The van der Waals surface area contributed by atoms with Gasteiger partial charge < -0.3 is 18.9 Å². The van der Waals surface area contributed by atoms with E-state index in [1.54, 1.807) is 6.07 Å². The third-order valence-electron chi connectivity index (χ3n) is 17.6. The number of para-hydroxylation sites is 6. The first-order valence-corrected chi connectivity index (χ1v) is 30.8. The van der Waals surface area contributed by atoms with Crippen molar-refractivity contribution in [3.05, 3.63) is 345 Å². The summed E-state index contributed by atoms with van der Waals surface area (Å²) in [4.78, 5) is 9.95. The average molecular weight is 1170 g/mol. The number of hydrogen-bond acceptors (Lipinski definition) is 5. The summed E-state index contributed by atoms with van der Waals surface area (Å²) in [5.41, 5.74) is 23.0. The van der Waals surface area contributed by atoms with Crippen LogP contribution in [-0.4, -0.2) is 14.1 Å². The smallest absolute Gasteiger partial charge is 0.101 e. The van der Waals surface area contributed by atoms with Gasteiger partial charge >= 0.3 is 0 Å². The molecule has 3 heterocycles. The normalized spacial score (nSPS) is 11.2. The largest absolute Gasteiger partial charge is 0.311 e. The molecule has 0 saturated carbocycles. The molecule has 0 spiro atoms. The van der Waals surface area contributed by atoms with Crippen LogP contribution in [-0.2, 0) is 0 Å². The van der Waals surface area contributed by atoms with Crippen LogP contribution in [0.2, 0.25) is 0 Å². The molecule has 7 heteroatoms. The van der Waals surface area contributed by atoms with Crippen molar-refractivity contribution < 1.29 is 0 Å². The van der Waals surface area contributed by atoms with E-state index in [1.807, 2.05) is 48.5 Å². The van der Waals surface area contributed by atoms with Crippen molar-refractivity contribution in [3.8, 4) is 79.4 Å². The van der Waals surface area contributed by atoms with Crippen LogP contribution in [0.3, 0.4) is 0 Å². The van der Waals surface area contributed by atoms with E-state index in [0.29, 0.717) is 16.7 Å². The van der Waals surface area contributed by atoms with Gasteiger partial charge in [0, 0.05) is 83.7 Å². The third kappa shape index (κ3) is 9.86. The van der Waals surface area contributed by atoms with E-state index >= 15 is 0 Å². The molecular formula is C85H55N7. The molecule has 0 aliphatic heterocycles. The standard InChI is InChI=1S/C85H55N7/c86-56-64-18-17-29-74(79(64)57-87)65-54-80(60-36-46-72(47-37-60)91-82-30-15-13-27-75(82)77-52-62(40-50-84(77)91)58-32-42-70(43-33-58)89(66-19-5-1-6-20-66)67-21-7-2-8-22-67)88-81(55-65)61-38-48-73(49-39-61)92-83-31-16-14-28-76(83)78-53-63(41-51-85(78)92)59-34-44-71(45-35-59)90(68-23-9-3-10-24-68)69-25-11-4-12-26-69/h1-55H. The minimum absolute atomic E-state index is 0.328. The van der Waals surface area contributed by atoms with Crippen LogP contribution in [0.4, 0.5) is 34.1 Å². The second-order valence-corrected chi connectivity index (χ2v) is 22.9. The van der Waals surface area contributed by atoms with E-state index in [9.17, 15) is 10.5 Å². The zero-order chi connectivity index (χ0) is 61.5. The van der Waals surface area contributed by atoms with Crippen molar-refractivity contribution in [2.75, 3.05) is 9.80 Å². The lowest BCUT2D eigenvalue weighted by Crippen LogP contribution is -2.09. The second kappa shape index (κ2) is 23.4. The molecule has 13 aromatic carbocycles. The Kier molecular flexibility index (Phi) is 13.9. The SMILES string of the molecule is N#Cc1cccc(-c2cc(-c3ccc(-n4c5ccccc5c5cc(-c6ccc(N(c7ccccc7)c7ccccc7)cc6)ccc54)cc3)nc(-c3ccc(-n4c5ccccc5c5cc(-c6ccc(N(c7ccccc7)c7ccccc7)cc6)ccc54)cc3)c2)c1C#N. The number of fused-ring (bicyclic) bond motifs is 6. The van der Waals surface area contributed by atoms with Gasteiger partial charge in [-0.25, -0.2) is 4.98 Å². The molecular weight excluding hydrogens is 1120 g/mol. The van der Waals surface area contributed by atoms with Crippen molar-refractivity contribution in [3.63, 3.8) is 0 Å². The third-order valence-corrected chi connectivity index (χ3v) is 17.6. The summed E-state index contributed by atoms with van der Waals surface area (Å²) < 4.78 is 4.67. The van der Waals surface area contributed by atoms with Gasteiger partial charge in [0.05, 0.1) is 44.6 Å². The first-order chi connectivity index (χ1) is 45.5. The fourth-order valence-electron chi connectivity index (χ4n) is 13.2. The maximum absolute atomic E-state index is 10.5. The van der Waals surface area contributed by atoms with Gasteiger partial charge in [-0.3, -0.25) is 0 Å². The maximum atomic E-state index is 10.5. The van der Waals surface area contributed by atoms with E-state index in [0.717, 1.165) is 118 Å². The molecule has 0 unspecified atom stereocenters. The molecule has 0 fully saturated rings. The van der Waals surface area contributed by atoms with Crippen LogP contribution in [0.15, 0.2) is 334 Å². The van der Waals surface area contributed by atoms with Crippen LogP contribution in [0, 0.1) is 22.7 Å². The van der Waals surface area contributed by atoms with Gasteiger partial charge in [-0.1, -0.05) is 182 Å². The Morgan fingerprint density at radius 2 is 0.609 bits per heavy atom. The number of anilines is 6. The average Bonchev–Trinajstić information content (AvgIpc) is 1.61. The molecule has 0 aliphatic rings. The highest BCUT2D eigenvalue weighted by Gasteiger charge is 2.20. The zero-order valence-corrected chi connectivity index (χ0v) is 49.9. The van der Waals surface area contributed by atoms with Crippen molar-refractivity contribution in [1.29, 1.82) is 10.5 Å². The summed E-state index contributed by atoms with van der Waals surface area (Å²) in [5.74, 6) is 0. The molecule has 92 heavy (non-hydrogen) atoms. The van der Waals surface area contributed by atoms with Crippen LogP contribution in [0.1, 0.15) is 11.1 Å². The van der Waals surface area contributed by atoms with Crippen LogP contribution < -0.4 is 9.80 Å². The van der Waals surface area contributed by atoms with E-state index in [1.165, 1.54) is 21.5 Å². The predicted octanol–water partition coefficient (Wildman–Crippen LogP) is 22.3. The van der Waals surface area contributed by atoms with E-state index in [-0.39, 0.29) is 0 Å². The van der Waals surface area contributed by atoms with Crippen LogP contribution in [0.5, 0.6) is 0 Å². The van der Waals surface area contributed by atoms with Crippen molar-refractivity contribution in [2.24, 2.45) is 0 Å². The Morgan fingerprint density at radius 3 is 1.00 bits per heavy atom. The monoisotopic (exact) mass is 1170 g/mol. The van der Waals surface area contributed by atoms with E-state index in [4.69, 9.17) is 4.98 Å². The van der Waals surface area contributed by atoms with E-state index < -0.39 is 0 Å². The molecule has 0 saturated heterocycles. The van der Waals surface area contributed by atoms with Crippen LogP contribution >= 0.6 is 0 Å². The Labute approximate surface area is 533 Å². The summed E-state index contributed by atoms with van der Waals surface area (Å²) in [6.45, 7) is 0. The summed E-state index contributed by atoms with van der Waals surface area (Å²) in [6.07, 6.45) is 0. The summed E-state index contributed by atoms with van der Waals surface area (Å²) in [7, 11) is 0. The summed E-state index contributed by atoms with van der Waals surface area (Å²) in [6, 6.07) is 122. The number of nitriles is 2. The van der Waals surface area contributed by atoms with Gasteiger partial charge in [-0.05, 0) is 179 Å². The van der Waals surface area contributed by atoms with Gasteiger partial charge in [0.25, 0.3) is 0 Å². The number of hydrogen-bond donors (Lipinski definition) is 0. The quantitative estimate of drug-likeness (QED) is 0.115. The van der Waals surface area contributed by atoms with E-state index in [2.05, 4.69) is 310 Å². The number of benzene rings is 13. The van der Waals surface area contributed by atoms with Gasteiger partial charge in [-0.15, -0.1) is 0 Å². The molecule has 0 amide bonds. The Hall–Kier alpha value is -12.8. The summed E-state index contributed by atoms with van der Waals surface area (Å²) in [5, 5.41) is 25.4. The lowest BCUT2D eigenvalue weighted by Gasteiger charge is -2.25. The van der Waals surface area contributed by atoms with Crippen molar-refractivity contribution in [2.45, 2.75) is 0 Å². The van der Waals surface area contributed by atoms with Gasteiger partial charge in [0.2, 0.25) is 0 Å². The zero-order valence-electron chi connectivity index (χ0n) is 49.9. The molecule has 430 valence electrons. The maximum Gasteiger partial charge on any atom is 0.101 e. The number of nitrogens with zero attached hydrogens (tertiary/aromatic N) is 7.